The Morgan fingerprint density at radius 2 is 2.00 bits per heavy atom. The summed E-state index contributed by atoms with van der Waals surface area (Å²) >= 11 is 0. The third-order valence-corrected chi connectivity index (χ3v) is 3.36. The van der Waals surface area contributed by atoms with Crippen LogP contribution in [0.15, 0.2) is 42.7 Å². The zero-order valence-electron chi connectivity index (χ0n) is 12.6. The van der Waals surface area contributed by atoms with Gasteiger partial charge in [-0.3, -0.25) is 4.98 Å². The lowest BCUT2D eigenvalue weighted by molar-refractivity contribution is -0.144. The fraction of sp³-hybridized carbons (Fsp3) is 0.294. The fourth-order valence-electron chi connectivity index (χ4n) is 2.16. The van der Waals surface area contributed by atoms with Crippen molar-refractivity contribution in [3.05, 3.63) is 59.4 Å². The first-order chi connectivity index (χ1) is 10.1. The number of rotatable bonds is 5. The second-order valence-electron chi connectivity index (χ2n) is 4.88. The van der Waals surface area contributed by atoms with Gasteiger partial charge in [0.05, 0.1) is 6.61 Å². The van der Waals surface area contributed by atoms with E-state index in [0.717, 1.165) is 22.4 Å². The summed E-state index contributed by atoms with van der Waals surface area (Å²) in [6, 6.07) is 9.19. The van der Waals surface area contributed by atoms with E-state index in [2.05, 4.69) is 10.3 Å². The number of nitrogens with zero attached hydrogens (tertiary/aromatic N) is 1. The van der Waals surface area contributed by atoms with E-state index in [1.807, 2.05) is 44.2 Å². The Balaban J connectivity index is 2.36. The lowest BCUT2D eigenvalue weighted by atomic mass is 10.0. The van der Waals surface area contributed by atoms with Gasteiger partial charge in [-0.1, -0.05) is 18.2 Å². The normalized spacial score (nSPS) is 11.8. The van der Waals surface area contributed by atoms with E-state index < -0.39 is 6.04 Å². The van der Waals surface area contributed by atoms with Crippen LogP contribution < -0.4 is 5.32 Å². The smallest absolute Gasteiger partial charge is 0.333 e. The number of aromatic nitrogens is 1. The van der Waals surface area contributed by atoms with Crippen LogP contribution in [-0.4, -0.2) is 17.6 Å². The SMILES string of the molecule is CCOC(=O)C(Nc1ccccc1C)c1cnccc1C. The second kappa shape index (κ2) is 6.88. The van der Waals surface area contributed by atoms with Crippen molar-refractivity contribution in [2.45, 2.75) is 26.8 Å². The molecule has 0 radical (unpaired) electrons. The van der Waals surface area contributed by atoms with Crippen LogP contribution in [0.5, 0.6) is 0 Å². The molecule has 0 aliphatic carbocycles. The highest BCUT2D eigenvalue weighted by Gasteiger charge is 2.24. The van der Waals surface area contributed by atoms with Gasteiger partial charge in [0.2, 0.25) is 0 Å². The summed E-state index contributed by atoms with van der Waals surface area (Å²) in [7, 11) is 0. The van der Waals surface area contributed by atoms with E-state index in [9.17, 15) is 4.79 Å². The van der Waals surface area contributed by atoms with Gasteiger partial charge in [-0.05, 0) is 44.0 Å². The zero-order chi connectivity index (χ0) is 15.2. The van der Waals surface area contributed by atoms with Crippen molar-refractivity contribution in [2.24, 2.45) is 0 Å². The average Bonchev–Trinajstić information content (AvgIpc) is 2.48. The number of ether oxygens (including phenoxy) is 1. The number of hydrogen-bond donors (Lipinski definition) is 1. The van der Waals surface area contributed by atoms with Crippen molar-refractivity contribution in [3.63, 3.8) is 0 Å². The summed E-state index contributed by atoms with van der Waals surface area (Å²) in [6.07, 6.45) is 3.43. The molecule has 0 fully saturated rings. The van der Waals surface area contributed by atoms with Gasteiger partial charge < -0.3 is 10.1 Å². The Bertz CT molecular complexity index is 626. The van der Waals surface area contributed by atoms with Crippen LogP contribution >= 0.6 is 0 Å². The molecule has 0 saturated heterocycles. The second-order valence-corrected chi connectivity index (χ2v) is 4.88. The molecule has 1 aromatic carbocycles. The summed E-state index contributed by atoms with van der Waals surface area (Å²) in [4.78, 5) is 16.4. The predicted molar refractivity (Wildman–Crippen MR) is 83.1 cm³/mol. The number of hydrogen-bond acceptors (Lipinski definition) is 4. The van der Waals surface area contributed by atoms with Gasteiger partial charge in [0, 0.05) is 23.6 Å². The van der Waals surface area contributed by atoms with Crippen LogP contribution in [-0.2, 0) is 9.53 Å². The first-order valence-electron chi connectivity index (χ1n) is 7.02. The number of nitrogens with one attached hydrogen (secondary N) is 1. The molecule has 1 aromatic heterocycles. The van der Waals surface area contributed by atoms with E-state index in [1.54, 1.807) is 19.3 Å². The number of aryl methyl sites for hydroxylation is 2. The molecule has 0 amide bonds. The summed E-state index contributed by atoms with van der Waals surface area (Å²) in [5.74, 6) is -0.295. The largest absolute Gasteiger partial charge is 0.464 e. The molecule has 4 nitrogen and oxygen atoms in total. The third kappa shape index (κ3) is 3.60. The molecule has 1 unspecified atom stereocenters. The van der Waals surface area contributed by atoms with Gasteiger partial charge in [-0.15, -0.1) is 0 Å². The maximum atomic E-state index is 12.3. The Morgan fingerprint density at radius 1 is 1.24 bits per heavy atom. The van der Waals surface area contributed by atoms with Crippen LogP contribution in [0.2, 0.25) is 0 Å². The standard InChI is InChI=1S/C17H20N2O2/c1-4-21-17(20)16(14-11-18-10-9-12(14)2)19-15-8-6-5-7-13(15)3/h5-11,16,19H,4H2,1-3H3. The van der Waals surface area contributed by atoms with Crippen molar-refractivity contribution in [3.8, 4) is 0 Å². The molecule has 0 bridgehead atoms. The monoisotopic (exact) mass is 284 g/mol. The van der Waals surface area contributed by atoms with Crippen molar-refractivity contribution >= 4 is 11.7 Å². The van der Waals surface area contributed by atoms with E-state index in [1.165, 1.54) is 0 Å². The molecule has 21 heavy (non-hydrogen) atoms. The lowest BCUT2D eigenvalue weighted by Gasteiger charge is -2.21. The number of benzene rings is 1. The van der Waals surface area contributed by atoms with Crippen LogP contribution in [0.1, 0.15) is 29.7 Å². The van der Waals surface area contributed by atoms with Crippen molar-refractivity contribution < 1.29 is 9.53 Å². The molecule has 1 N–H and O–H groups in total. The third-order valence-electron chi connectivity index (χ3n) is 3.36. The van der Waals surface area contributed by atoms with Crippen LogP contribution in [0.4, 0.5) is 5.69 Å². The number of carbonyl (C=O) groups is 1. The summed E-state index contributed by atoms with van der Waals surface area (Å²) in [5.41, 5.74) is 3.83. The van der Waals surface area contributed by atoms with Gasteiger partial charge >= 0.3 is 5.97 Å². The number of esters is 1. The minimum atomic E-state index is -0.556. The van der Waals surface area contributed by atoms with E-state index in [-0.39, 0.29) is 5.97 Å². The van der Waals surface area contributed by atoms with Gasteiger partial charge in [0.1, 0.15) is 0 Å². The van der Waals surface area contributed by atoms with Gasteiger partial charge in [0.15, 0.2) is 6.04 Å². The molecule has 0 saturated carbocycles. The highest BCUT2D eigenvalue weighted by Crippen LogP contribution is 2.25. The van der Waals surface area contributed by atoms with Gasteiger partial charge in [0.25, 0.3) is 0 Å². The predicted octanol–water partition coefficient (Wildman–Crippen LogP) is 3.41. The number of carbonyl (C=O) groups excluding carboxylic acids is 1. The van der Waals surface area contributed by atoms with Crippen LogP contribution in [0.3, 0.4) is 0 Å². The van der Waals surface area contributed by atoms with E-state index in [4.69, 9.17) is 4.74 Å². The average molecular weight is 284 g/mol. The number of anilines is 1. The highest BCUT2D eigenvalue weighted by molar-refractivity contribution is 5.81. The molecule has 1 atom stereocenters. The minimum Gasteiger partial charge on any atom is -0.464 e. The molecular formula is C17H20N2O2. The summed E-state index contributed by atoms with van der Waals surface area (Å²) in [5, 5.41) is 3.27. The van der Waals surface area contributed by atoms with Gasteiger partial charge in [-0.25, -0.2) is 4.79 Å². The Morgan fingerprint density at radius 3 is 2.67 bits per heavy atom. The molecule has 1 heterocycles. The van der Waals surface area contributed by atoms with E-state index in [0.29, 0.717) is 6.61 Å². The quantitative estimate of drug-likeness (QED) is 0.855. The van der Waals surface area contributed by atoms with Crippen molar-refractivity contribution in [2.75, 3.05) is 11.9 Å². The fourth-order valence-corrected chi connectivity index (χ4v) is 2.16. The van der Waals surface area contributed by atoms with Crippen molar-refractivity contribution in [1.29, 1.82) is 0 Å². The summed E-state index contributed by atoms with van der Waals surface area (Å²) < 4.78 is 5.20. The maximum absolute atomic E-state index is 12.3. The number of para-hydroxylation sites is 1. The summed E-state index contributed by atoms with van der Waals surface area (Å²) in [6.45, 7) is 6.12. The topological polar surface area (TPSA) is 51.2 Å². The first-order valence-corrected chi connectivity index (χ1v) is 7.02. The maximum Gasteiger partial charge on any atom is 0.333 e. The van der Waals surface area contributed by atoms with E-state index >= 15 is 0 Å². The molecule has 4 heteroatoms. The van der Waals surface area contributed by atoms with Crippen LogP contribution in [0, 0.1) is 13.8 Å². The molecule has 0 aliphatic heterocycles. The van der Waals surface area contributed by atoms with Gasteiger partial charge in [-0.2, -0.15) is 0 Å². The molecule has 2 rings (SSSR count). The highest BCUT2D eigenvalue weighted by atomic mass is 16.5. The number of pyridine rings is 1. The van der Waals surface area contributed by atoms with Crippen LogP contribution in [0.25, 0.3) is 0 Å². The minimum absolute atomic E-state index is 0.295. The molecular weight excluding hydrogens is 264 g/mol. The lowest BCUT2D eigenvalue weighted by Crippen LogP contribution is -2.24. The Labute approximate surface area is 125 Å². The molecule has 0 aliphatic rings. The molecule has 0 spiro atoms. The Hall–Kier alpha value is -2.36. The Kier molecular flexibility index (Phi) is 4.93. The zero-order valence-corrected chi connectivity index (χ0v) is 12.6. The molecule has 110 valence electrons. The first kappa shape index (κ1) is 15.0. The molecule has 2 aromatic rings. The van der Waals surface area contributed by atoms with Crippen molar-refractivity contribution in [1.82, 2.24) is 4.98 Å².